The lowest BCUT2D eigenvalue weighted by atomic mass is 9.92. The summed E-state index contributed by atoms with van der Waals surface area (Å²) in [6, 6.07) is 8.38. The highest BCUT2D eigenvalue weighted by Crippen LogP contribution is 2.27. The van der Waals surface area contributed by atoms with Crippen molar-refractivity contribution in [3.8, 4) is 0 Å². The molecule has 0 spiro atoms. The van der Waals surface area contributed by atoms with E-state index in [-0.39, 0.29) is 11.7 Å². The molecule has 1 unspecified atom stereocenters. The molecule has 0 radical (unpaired) electrons. The Balaban J connectivity index is 2.18. The number of H-pyrrole nitrogens is 1. The second-order valence-corrected chi connectivity index (χ2v) is 7.97. The Morgan fingerprint density at radius 1 is 1.23 bits per heavy atom. The molecule has 0 aliphatic carbocycles. The molecular formula is C16H25N3O2S. The Morgan fingerprint density at radius 3 is 2.68 bits per heavy atom. The van der Waals surface area contributed by atoms with Crippen molar-refractivity contribution < 1.29 is 8.42 Å². The number of rotatable bonds is 8. The van der Waals surface area contributed by atoms with Crippen molar-refractivity contribution in [3.63, 3.8) is 0 Å². The summed E-state index contributed by atoms with van der Waals surface area (Å²) in [4.78, 5) is 5.32. The molecule has 0 saturated carbocycles. The minimum Gasteiger partial charge on any atom is -0.361 e. The van der Waals surface area contributed by atoms with E-state index < -0.39 is 10.0 Å². The van der Waals surface area contributed by atoms with Gasteiger partial charge in [0.2, 0.25) is 10.0 Å². The molecule has 1 atom stereocenters. The predicted molar refractivity (Wildman–Crippen MR) is 91.7 cm³/mol. The summed E-state index contributed by atoms with van der Waals surface area (Å²) in [6.07, 6.45) is 3.50. The molecule has 1 aromatic heterocycles. The average Bonchev–Trinajstić information content (AvgIpc) is 2.94. The van der Waals surface area contributed by atoms with Crippen LogP contribution in [0.1, 0.15) is 24.3 Å². The van der Waals surface area contributed by atoms with E-state index in [1.165, 1.54) is 18.0 Å². The van der Waals surface area contributed by atoms with Crippen molar-refractivity contribution in [1.29, 1.82) is 0 Å². The Morgan fingerprint density at radius 2 is 2.00 bits per heavy atom. The maximum atomic E-state index is 11.7. The lowest BCUT2D eigenvalue weighted by molar-refractivity contribution is 0.378. The maximum Gasteiger partial charge on any atom is 0.211 e. The van der Waals surface area contributed by atoms with Gasteiger partial charge in [-0.05, 0) is 75.6 Å². The van der Waals surface area contributed by atoms with Gasteiger partial charge in [0.15, 0.2) is 0 Å². The summed E-state index contributed by atoms with van der Waals surface area (Å²) in [5.74, 6) is 0.400. The monoisotopic (exact) mass is 323 g/mol. The first kappa shape index (κ1) is 17.0. The number of aromatic amines is 1. The van der Waals surface area contributed by atoms with Crippen molar-refractivity contribution in [2.75, 3.05) is 33.4 Å². The molecular weight excluding hydrogens is 298 g/mol. The number of fused-ring (bicyclic) bond motifs is 1. The van der Waals surface area contributed by atoms with Crippen LogP contribution in [0.3, 0.4) is 0 Å². The highest BCUT2D eigenvalue weighted by atomic mass is 32.2. The van der Waals surface area contributed by atoms with Gasteiger partial charge in [-0.25, -0.2) is 13.1 Å². The van der Waals surface area contributed by atoms with E-state index in [0.29, 0.717) is 6.42 Å². The first-order valence-corrected chi connectivity index (χ1v) is 9.19. The molecule has 22 heavy (non-hydrogen) atoms. The van der Waals surface area contributed by atoms with Gasteiger partial charge in [0.25, 0.3) is 0 Å². The van der Waals surface area contributed by atoms with Crippen molar-refractivity contribution in [1.82, 2.24) is 14.6 Å². The number of hydrogen-bond donors (Lipinski definition) is 2. The van der Waals surface area contributed by atoms with Crippen LogP contribution in [0.25, 0.3) is 10.9 Å². The second kappa shape index (κ2) is 7.26. The van der Waals surface area contributed by atoms with Crippen LogP contribution in [-0.4, -0.2) is 51.7 Å². The Labute approximate surface area is 132 Å². The summed E-state index contributed by atoms with van der Waals surface area (Å²) in [5, 5.41) is 1.17. The van der Waals surface area contributed by atoms with Crippen LogP contribution in [0.4, 0.5) is 0 Å². The summed E-state index contributed by atoms with van der Waals surface area (Å²) < 4.78 is 25.8. The molecule has 0 aliphatic heterocycles. The zero-order valence-electron chi connectivity index (χ0n) is 13.5. The first-order valence-electron chi connectivity index (χ1n) is 7.54. The molecule has 6 heteroatoms. The Hall–Kier alpha value is -1.37. The van der Waals surface area contributed by atoms with Crippen LogP contribution < -0.4 is 4.72 Å². The van der Waals surface area contributed by atoms with Gasteiger partial charge in [-0.15, -0.1) is 0 Å². The minimum atomic E-state index is -3.16. The Bertz CT molecular complexity index is 707. The fraction of sp³-hybridized carbons (Fsp3) is 0.500. The molecule has 2 rings (SSSR count). The lowest BCUT2D eigenvalue weighted by Gasteiger charge is -2.20. The van der Waals surface area contributed by atoms with Crippen LogP contribution in [0.15, 0.2) is 30.5 Å². The molecule has 0 bridgehead atoms. The minimum absolute atomic E-state index is 0.159. The molecule has 122 valence electrons. The largest absolute Gasteiger partial charge is 0.361 e. The maximum absolute atomic E-state index is 11.7. The molecule has 2 N–H and O–H groups in total. The predicted octanol–water partition coefficient (Wildman–Crippen LogP) is 2.14. The van der Waals surface area contributed by atoms with Crippen LogP contribution in [-0.2, 0) is 10.0 Å². The molecule has 5 nitrogen and oxygen atoms in total. The standard InChI is InChI=1S/C16H25N3O2S/c1-17-22(20,21)11-8-13(7-10-19(2)3)14-4-5-16-15(12-14)6-9-18-16/h4-6,9,12-13,17-18H,7-8,10-11H2,1-3H3. The van der Waals surface area contributed by atoms with E-state index in [1.807, 2.05) is 26.4 Å². The molecule has 1 aromatic carbocycles. The van der Waals surface area contributed by atoms with Gasteiger partial charge in [0.05, 0.1) is 5.75 Å². The van der Waals surface area contributed by atoms with Crippen molar-refractivity contribution in [2.24, 2.45) is 0 Å². The number of aromatic nitrogens is 1. The second-order valence-electron chi connectivity index (χ2n) is 5.92. The first-order chi connectivity index (χ1) is 10.4. The number of hydrogen-bond acceptors (Lipinski definition) is 3. The molecule has 0 saturated heterocycles. The zero-order chi connectivity index (χ0) is 16.2. The number of sulfonamides is 1. The van der Waals surface area contributed by atoms with Gasteiger partial charge in [0, 0.05) is 11.7 Å². The SMILES string of the molecule is CNS(=O)(=O)CCC(CCN(C)C)c1ccc2[nH]ccc2c1. The molecule has 0 aliphatic rings. The van der Waals surface area contributed by atoms with E-state index in [0.717, 1.165) is 18.5 Å². The summed E-state index contributed by atoms with van der Waals surface area (Å²) in [7, 11) is 2.38. The van der Waals surface area contributed by atoms with Gasteiger partial charge in [-0.2, -0.15) is 0 Å². The normalized spacial score (nSPS) is 13.8. The van der Waals surface area contributed by atoms with E-state index in [2.05, 4.69) is 32.8 Å². The fourth-order valence-corrected chi connectivity index (χ4v) is 3.42. The van der Waals surface area contributed by atoms with Crippen molar-refractivity contribution >= 4 is 20.9 Å². The Kier molecular flexibility index (Phi) is 5.61. The summed E-state index contributed by atoms with van der Waals surface area (Å²) >= 11 is 0. The highest BCUT2D eigenvalue weighted by molar-refractivity contribution is 7.89. The lowest BCUT2D eigenvalue weighted by Crippen LogP contribution is -2.24. The van der Waals surface area contributed by atoms with E-state index in [9.17, 15) is 8.42 Å². The third-order valence-electron chi connectivity index (χ3n) is 4.02. The zero-order valence-corrected chi connectivity index (χ0v) is 14.3. The average molecular weight is 323 g/mol. The van der Waals surface area contributed by atoms with E-state index in [1.54, 1.807) is 0 Å². The van der Waals surface area contributed by atoms with Gasteiger partial charge in [-0.1, -0.05) is 6.07 Å². The van der Waals surface area contributed by atoms with Crippen LogP contribution in [0.2, 0.25) is 0 Å². The van der Waals surface area contributed by atoms with Gasteiger partial charge < -0.3 is 9.88 Å². The molecule has 0 amide bonds. The molecule has 1 heterocycles. The number of nitrogens with one attached hydrogen (secondary N) is 2. The molecule has 2 aromatic rings. The third kappa shape index (κ3) is 4.56. The fourth-order valence-electron chi connectivity index (χ4n) is 2.62. The smallest absolute Gasteiger partial charge is 0.211 e. The molecule has 0 fully saturated rings. The number of benzene rings is 1. The van der Waals surface area contributed by atoms with Crippen molar-refractivity contribution in [3.05, 3.63) is 36.0 Å². The topological polar surface area (TPSA) is 65.2 Å². The quantitative estimate of drug-likeness (QED) is 0.782. The summed E-state index contributed by atoms with van der Waals surface area (Å²) in [6.45, 7) is 0.940. The van der Waals surface area contributed by atoms with Gasteiger partial charge in [0.1, 0.15) is 0 Å². The number of nitrogens with zero attached hydrogens (tertiary/aromatic N) is 1. The van der Waals surface area contributed by atoms with Crippen LogP contribution in [0.5, 0.6) is 0 Å². The summed E-state index contributed by atoms with van der Waals surface area (Å²) in [5.41, 5.74) is 2.32. The van der Waals surface area contributed by atoms with Gasteiger partial charge >= 0.3 is 0 Å². The van der Waals surface area contributed by atoms with Crippen LogP contribution >= 0.6 is 0 Å². The third-order valence-corrected chi connectivity index (χ3v) is 5.41. The highest BCUT2D eigenvalue weighted by Gasteiger charge is 2.17. The van der Waals surface area contributed by atoms with Crippen LogP contribution in [0, 0.1) is 0 Å². The van der Waals surface area contributed by atoms with E-state index >= 15 is 0 Å². The van der Waals surface area contributed by atoms with Crippen molar-refractivity contribution in [2.45, 2.75) is 18.8 Å². The van der Waals surface area contributed by atoms with E-state index in [4.69, 9.17) is 0 Å². The van der Waals surface area contributed by atoms with Gasteiger partial charge in [-0.3, -0.25) is 0 Å².